The SMILES string of the molecule is Cc1nnc(SCC(=O)N2CC[C@@H]3OCc4cnnn4[C@@H]3C2)s1. The third kappa shape index (κ3) is 2.98. The average molecular weight is 352 g/mol. The molecule has 4 heterocycles. The van der Waals surface area contributed by atoms with Gasteiger partial charge in [-0.2, -0.15) is 0 Å². The third-order valence-corrected chi connectivity index (χ3v) is 6.06. The van der Waals surface area contributed by atoms with Gasteiger partial charge in [-0.1, -0.05) is 28.3 Å². The van der Waals surface area contributed by atoms with E-state index in [-0.39, 0.29) is 18.1 Å². The van der Waals surface area contributed by atoms with Crippen molar-refractivity contribution in [1.82, 2.24) is 30.1 Å². The molecular weight excluding hydrogens is 336 g/mol. The van der Waals surface area contributed by atoms with Gasteiger partial charge in [0.1, 0.15) is 5.01 Å². The number of thioether (sulfide) groups is 1. The summed E-state index contributed by atoms with van der Waals surface area (Å²) in [4.78, 5) is 14.4. The fourth-order valence-electron chi connectivity index (χ4n) is 2.96. The molecule has 2 aromatic rings. The number of aryl methyl sites for hydroxylation is 1. The first kappa shape index (κ1) is 15.0. The van der Waals surface area contributed by atoms with Gasteiger partial charge in [0.25, 0.3) is 0 Å². The van der Waals surface area contributed by atoms with Crippen molar-refractivity contribution in [2.24, 2.45) is 0 Å². The molecule has 122 valence electrons. The standard InChI is InChI=1S/C13H16N6O2S2/c1-8-15-16-13(23-8)22-7-12(20)18-3-2-11-10(5-18)19-9(6-21-11)4-14-17-19/h4,10-11H,2-3,5-7H2,1H3/t10-,11+/m1/s1. The molecule has 1 amide bonds. The molecule has 1 saturated heterocycles. The number of likely N-dealkylation sites (tertiary alicyclic amines) is 1. The highest BCUT2D eigenvalue weighted by Crippen LogP contribution is 2.30. The van der Waals surface area contributed by atoms with E-state index in [1.165, 1.54) is 23.1 Å². The molecule has 2 aliphatic heterocycles. The molecular formula is C13H16N6O2S2. The largest absolute Gasteiger partial charge is 0.370 e. The predicted octanol–water partition coefficient (Wildman–Crippen LogP) is 0.903. The predicted molar refractivity (Wildman–Crippen MR) is 84.2 cm³/mol. The fraction of sp³-hybridized carbons (Fsp3) is 0.615. The van der Waals surface area contributed by atoms with Crippen molar-refractivity contribution in [1.29, 1.82) is 0 Å². The molecule has 1 fully saturated rings. The van der Waals surface area contributed by atoms with Crippen LogP contribution in [0.3, 0.4) is 0 Å². The number of carbonyl (C=O) groups is 1. The van der Waals surface area contributed by atoms with Crippen LogP contribution in [-0.2, 0) is 16.1 Å². The second-order valence-electron chi connectivity index (χ2n) is 5.59. The van der Waals surface area contributed by atoms with Crippen molar-refractivity contribution >= 4 is 29.0 Å². The normalized spacial score (nSPS) is 23.4. The zero-order valence-corrected chi connectivity index (χ0v) is 14.2. The summed E-state index contributed by atoms with van der Waals surface area (Å²) >= 11 is 2.96. The number of amides is 1. The quantitative estimate of drug-likeness (QED) is 0.759. The Hall–Kier alpha value is -1.52. The van der Waals surface area contributed by atoms with Crippen molar-refractivity contribution < 1.29 is 9.53 Å². The van der Waals surface area contributed by atoms with Crippen LogP contribution < -0.4 is 0 Å². The topological polar surface area (TPSA) is 86.0 Å². The second-order valence-corrected chi connectivity index (χ2v) is 7.99. The van der Waals surface area contributed by atoms with E-state index >= 15 is 0 Å². The van der Waals surface area contributed by atoms with Gasteiger partial charge in [0.05, 0.1) is 36.4 Å². The van der Waals surface area contributed by atoms with Gasteiger partial charge in [-0.25, -0.2) is 4.68 Å². The number of ether oxygens (including phenoxy) is 1. The first-order valence-corrected chi connectivity index (χ1v) is 9.22. The highest BCUT2D eigenvalue weighted by molar-refractivity contribution is 8.01. The molecule has 0 radical (unpaired) electrons. The number of carbonyl (C=O) groups excluding carboxylic acids is 1. The van der Waals surface area contributed by atoms with Gasteiger partial charge in [-0.15, -0.1) is 15.3 Å². The fourth-order valence-corrected chi connectivity index (χ4v) is 4.68. The molecule has 23 heavy (non-hydrogen) atoms. The molecule has 10 heteroatoms. The lowest BCUT2D eigenvalue weighted by Crippen LogP contribution is -2.50. The van der Waals surface area contributed by atoms with Gasteiger partial charge >= 0.3 is 0 Å². The molecule has 0 spiro atoms. The summed E-state index contributed by atoms with van der Waals surface area (Å²) in [6, 6.07) is 0.0627. The maximum atomic E-state index is 12.5. The Balaban J connectivity index is 1.40. The van der Waals surface area contributed by atoms with Gasteiger partial charge in [-0.3, -0.25) is 4.79 Å². The number of piperidine rings is 1. The van der Waals surface area contributed by atoms with Crippen molar-refractivity contribution in [3.8, 4) is 0 Å². The van der Waals surface area contributed by atoms with Crippen LogP contribution in [0.2, 0.25) is 0 Å². The van der Waals surface area contributed by atoms with E-state index in [0.717, 1.165) is 28.0 Å². The first-order valence-electron chi connectivity index (χ1n) is 7.42. The Kier molecular flexibility index (Phi) is 4.04. The van der Waals surface area contributed by atoms with Gasteiger partial charge in [-0.05, 0) is 13.3 Å². The summed E-state index contributed by atoms with van der Waals surface area (Å²) in [5, 5.41) is 17.0. The third-order valence-electron chi connectivity index (χ3n) is 4.11. The molecule has 2 atom stereocenters. The van der Waals surface area contributed by atoms with E-state index in [9.17, 15) is 4.79 Å². The minimum Gasteiger partial charge on any atom is -0.370 e. The van der Waals surface area contributed by atoms with Gasteiger partial charge in [0.15, 0.2) is 4.34 Å². The van der Waals surface area contributed by atoms with Crippen LogP contribution in [0.4, 0.5) is 0 Å². The Labute approximate surface area is 141 Å². The number of aromatic nitrogens is 5. The van der Waals surface area contributed by atoms with E-state index in [2.05, 4.69) is 20.5 Å². The molecule has 0 unspecified atom stereocenters. The van der Waals surface area contributed by atoms with E-state index in [4.69, 9.17) is 4.74 Å². The molecule has 0 aromatic carbocycles. The number of nitrogens with zero attached hydrogens (tertiary/aromatic N) is 6. The molecule has 8 nitrogen and oxygen atoms in total. The van der Waals surface area contributed by atoms with Gasteiger partial charge < -0.3 is 9.64 Å². The summed E-state index contributed by atoms with van der Waals surface area (Å²) in [5.74, 6) is 0.505. The van der Waals surface area contributed by atoms with E-state index in [1.54, 1.807) is 6.20 Å². The first-order chi connectivity index (χ1) is 11.2. The van der Waals surface area contributed by atoms with E-state index in [1.807, 2.05) is 16.5 Å². The molecule has 0 N–H and O–H groups in total. The minimum atomic E-state index is 0.0627. The second kappa shape index (κ2) is 6.17. The van der Waals surface area contributed by atoms with Crippen LogP contribution in [0.15, 0.2) is 10.5 Å². The highest BCUT2D eigenvalue weighted by Gasteiger charge is 2.37. The number of hydrogen-bond donors (Lipinski definition) is 0. The van der Waals surface area contributed by atoms with E-state index < -0.39 is 0 Å². The summed E-state index contributed by atoms with van der Waals surface area (Å²) in [5.41, 5.74) is 0.972. The van der Waals surface area contributed by atoms with E-state index in [0.29, 0.717) is 18.9 Å². The summed E-state index contributed by atoms with van der Waals surface area (Å²) in [6.07, 6.45) is 2.68. The van der Waals surface area contributed by atoms with Crippen LogP contribution in [0.25, 0.3) is 0 Å². The average Bonchev–Trinajstić information content (AvgIpc) is 3.20. The summed E-state index contributed by atoms with van der Waals surface area (Å²) in [7, 11) is 0. The number of hydrogen-bond acceptors (Lipinski definition) is 8. The lowest BCUT2D eigenvalue weighted by Gasteiger charge is -2.40. The van der Waals surface area contributed by atoms with Crippen molar-refractivity contribution in [2.45, 2.75) is 36.4 Å². The summed E-state index contributed by atoms with van der Waals surface area (Å²) in [6.45, 7) is 3.80. The van der Waals surface area contributed by atoms with Crippen LogP contribution in [0.5, 0.6) is 0 Å². The van der Waals surface area contributed by atoms with Crippen LogP contribution in [-0.4, -0.2) is 60.9 Å². The monoisotopic (exact) mass is 352 g/mol. The Morgan fingerprint density at radius 2 is 2.43 bits per heavy atom. The molecule has 2 aliphatic rings. The van der Waals surface area contributed by atoms with Crippen LogP contribution in [0.1, 0.15) is 23.2 Å². The molecule has 0 saturated carbocycles. The Bertz CT molecular complexity index is 717. The number of rotatable bonds is 3. The maximum Gasteiger partial charge on any atom is 0.233 e. The van der Waals surface area contributed by atoms with Crippen molar-refractivity contribution in [3.63, 3.8) is 0 Å². The van der Waals surface area contributed by atoms with Crippen molar-refractivity contribution in [3.05, 3.63) is 16.9 Å². The maximum absolute atomic E-state index is 12.5. The lowest BCUT2D eigenvalue weighted by atomic mass is 10.0. The highest BCUT2D eigenvalue weighted by atomic mass is 32.2. The van der Waals surface area contributed by atoms with Crippen LogP contribution in [0, 0.1) is 6.92 Å². The zero-order valence-electron chi connectivity index (χ0n) is 12.6. The molecule has 0 bridgehead atoms. The van der Waals surface area contributed by atoms with Gasteiger partial charge in [0, 0.05) is 13.1 Å². The smallest absolute Gasteiger partial charge is 0.233 e. The Morgan fingerprint density at radius 1 is 1.52 bits per heavy atom. The lowest BCUT2D eigenvalue weighted by molar-refractivity contribution is -0.135. The molecule has 2 aromatic heterocycles. The zero-order chi connectivity index (χ0) is 15.8. The Morgan fingerprint density at radius 3 is 3.26 bits per heavy atom. The molecule has 4 rings (SSSR count). The van der Waals surface area contributed by atoms with Crippen molar-refractivity contribution in [2.75, 3.05) is 18.8 Å². The molecule has 0 aliphatic carbocycles. The summed E-state index contributed by atoms with van der Waals surface area (Å²) < 4.78 is 8.62. The number of fused-ring (bicyclic) bond motifs is 3. The van der Waals surface area contributed by atoms with Gasteiger partial charge in [0.2, 0.25) is 5.91 Å². The minimum absolute atomic E-state index is 0.0627. The van der Waals surface area contributed by atoms with Crippen LogP contribution >= 0.6 is 23.1 Å².